The highest BCUT2D eigenvalue weighted by molar-refractivity contribution is 7.99. The summed E-state index contributed by atoms with van der Waals surface area (Å²) in [5.74, 6) is -0.408. The van der Waals surface area contributed by atoms with Crippen LogP contribution in [0, 0.1) is 12.7 Å². The molecular weight excluding hydrogens is 381 g/mol. The maximum Gasteiger partial charge on any atom is 0.166 e. The van der Waals surface area contributed by atoms with E-state index in [9.17, 15) is 0 Å². The second kappa shape index (κ2) is 7.06. The number of fused-ring (bicyclic) bond motifs is 1. The molecule has 4 aromatic rings. The van der Waals surface area contributed by atoms with E-state index in [0.717, 1.165) is 26.6 Å². The number of halogens is 2. The van der Waals surface area contributed by atoms with Crippen molar-refractivity contribution in [2.24, 2.45) is 0 Å². The molecule has 0 radical (unpaired) electrons. The summed E-state index contributed by atoms with van der Waals surface area (Å²) < 4.78 is 18.8. The molecule has 0 saturated heterocycles. The van der Waals surface area contributed by atoms with Crippen molar-refractivity contribution in [3.63, 3.8) is 0 Å². The van der Waals surface area contributed by atoms with E-state index in [2.05, 4.69) is 31.1 Å². The summed E-state index contributed by atoms with van der Waals surface area (Å²) in [6.07, 6.45) is 3.71. The van der Waals surface area contributed by atoms with Crippen LogP contribution in [0.2, 0.25) is 5.02 Å². The van der Waals surface area contributed by atoms with Gasteiger partial charge in [0.25, 0.3) is 0 Å². The zero-order chi connectivity index (χ0) is 19.1. The molecule has 0 unspecified atom stereocenters. The van der Waals surface area contributed by atoms with E-state index in [1.165, 1.54) is 0 Å². The first-order chi connectivity index (χ1) is 13.0. The lowest BCUT2D eigenvalue weighted by molar-refractivity contribution is 0.532. The largest absolute Gasteiger partial charge is 0.307 e. The fourth-order valence-corrected chi connectivity index (χ4v) is 4.38. The van der Waals surface area contributed by atoms with Crippen LogP contribution in [0.4, 0.5) is 4.39 Å². The quantitative estimate of drug-likeness (QED) is 0.383. The zero-order valence-corrected chi connectivity index (χ0v) is 16.9. The standard InChI is InChI=1S/C21H19ClFN3S/c1-13(2)25-12-15(11-24-25)26-14(3)21(27-16-7-5-4-6-8-16)17-9-10-18(22)19(23)20(17)26/h4-13H,1-3H3. The first-order valence-electron chi connectivity index (χ1n) is 8.74. The van der Waals surface area contributed by atoms with E-state index in [-0.39, 0.29) is 11.1 Å². The zero-order valence-electron chi connectivity index (χ0n) is 15.3. The van der Waals surface area contributed by atoms with Crippen LogP contribution in [0.1, 0.15) is 25.6 Å². The minimum atomic E-state index is -0.408. The van der Waals surface area contributed by atoms with Gasteiger partial charge in [-0.3, -0.25) is 4.68 Å². The second-order valence-electron chi connectivity index (χ2n) is 6.69. The molecule has 0 fully saturated rings. The van der Waals surface area contributed by atoms with E-state index in [1.807, 2.05) is 46.6 Å². The second-order valence-corrected chi connectivity index (χ2v) is 8.19. The summed E-state index contributed by atoms with van der Waals surface area (Å²) in [7, 11) is 0. The van der Waals surface area contributed by atoms with Gasteiger partial charge in [-0.2, -0.15) is 5.10 Å². The van der Waals surface area contributed by atoms with Crippen LogP contribution in [0.25, 0.3) is 16.6 Å². The molecule has 138 valence electrons. The van der Waals surface area contributed by atoms with Gasteiger partial charge in [-0.1, -0.05) is 41.6 Å². The molecule has 27 heavy (non-hydrogen) atoms. The van der Waals surface area contributed by atoms with E-state index in [4.69, 9.17) is 11.6 Å². The topological polar surface area (TPSA) is 22.8 Å². The Kier molecular flexibility index (Phi) is 4.74. The van der Waals surface area contributed by atoms with Crippen molar-refractivity contribution < 1.29 is 4.39 Å². The molecule has 0 bridgehead atoms. The number of hydrogen-bond donors (Lipinski definition) is 0. The molecule has 4 rings (SSSR count). The van der Waals surface area contributed by atoms with Gasteiger partial charge < -0.3 is 4.57 Å². The summed E-state index contributed by atoms with van der Waals surface area (Å²) in [5, 5.41) is 5.39. The summed E-state index contributed by atoms with van der Waals surface area (Å²) in [6.45, 7) is 6.13. The molecule has 0 aliphatic rings. The number of hydrogen-bond acceptors (Lipinski definition) is 2. The Morgan fingerprint density at radius 3 is 2.52 bits per heavy atom. The highest BCUT2D eigenvalue weighted by Gasteiger charge is 2.22. The van der Waals surface area contributed by atoms with Crippen LogP contribution in [-0.4, -0.2) is 14.3 Å². The van der Waals surface area contributed by atoms with Gasteiger partial charge in [-0.15, -0.1) is 0 Å². The smallest absolute Gasteiger partial charge is 0.166 e. The van der Waals surface area contributed by atoms with Gasteiger partial charge in [0.2, 0.25) is 0 Å². The van der Waals surface area contributed by atoms with Crippen LogP contribution in [0.3, 0.4) is 0 Å². The Morgan fingerprint density at radius 2 is 1.85 bits per heavy atom. The van der Waals surface area contributed by atoms with Gasteiger partial charge >= 0.3 is 0 Å². The van der Waals surface area contributed by atoms with Gasteiger partial charge in [0.05, 0.1) is 22.4 Å². The minimum absolute atomic E-state index is 0.119. The third kappa shape index (κ3) is 3.15. The Hall–Kier alpha value is -2.24. The van der Waals surface area contributed by atoms with Gasteiger partial charge in [-0.05, 0) is 45.0 Å². The molecule has 0 N–H and O–H groups in total. The number of aromatic nitrogens is 3. The SMILES string of the molecule is Cc1c(Sc2ccccc2)c2ccc(Cl)c(F)c2n1-c1cnn(C(C)C)c1. The molecule has 2 aromatic carbocycles. The van der Waals surface area contributed by atoms with Crippen LogP contribution in [0.15, 0.2) is 64.6 Å². The predicted octanol–water partition coefficient (Wildman–Crippen LogP) is 6.66. The molecule has 0 amide bonds. The van der Waals surface area contributed by atoms with Crippen molar-refractivity contribution in [1.29, 1.82) is 0 Å². The van der Waals surface area contributed by atoms with Crippen molar-refractivity contribution >= 4 is 34.3 Å². The van der Waals surface area contributed by atoms with Crippen LogP contribution < -0.4 is 0 Å². The fraction of sp³-hybridized carbons (Fsp3) is 0.190. The molecular formula is C21H19ClFN3S. The van der Waals surface area contributed by atoms with E-state index in [0.29, 0.717) is 5.52 Å². The molecule has 0 atom stereocenters. The maximum atomic E-state index is 15.1. The lowest BCUT2D eigenvalue weighted by Gasteiger charge is -2.08. The Morgan fingerprint density at radius 1 is 1.11 bits per heavy atom. The maximum absolute atomic E-state index is 15.1. The number of nitrogens with zero attached hydrogens (tertiary/aromatic N) is 3. The van der Waals surface area contributed by atoms with Crippen LogP contribution >= 0.6 is 23.4 Å². The van der Waals surface area contributed by atoms with E-state index in [1.54, 1.807) is 24.0 Å². The minimum Gasteiger partial charge on any atom is -0.307 e. The number of rotatable bonds is 4. The van der Waals surface area contributed by atoms with Crippen molar-refractivity contribution in [1.82, 2.24) is 14.3 Å². The van der Waals surface area contributed by atoms with Crippen molar-refractivity contribution in [3.05, 3.63) is 71.4 Å². The van der Waals surface area contributed by atoms with Gasteiger partial charge in [0.15, 0.2) is 5.82 Å². The first kappa shape index (κ1) is 18.1. The highest BCUT2D eigenvalue weighted by atomic mass is 35.5. The molecule has 3 nitrogen and oxygen atoms in total. The Balaban J connectivity index is 1.97. The summed E-state index contributed by atoms with van der Waals surface area (Å²) in [4.78, 5) is 2.12. The molecule has 0 aliphatic carbocycles. The Labute approximate surface area is 166 Å². The van der Waals surface area contributed by atoms with Gasteiger partial charge in [0, 0.05) is 33.1 Å². The molecule has 0 aliphatic heterocycles. The van der Waals surface area contributed by atoms with Gasteiger partial charge in [-0.25, -0.2) is 4.39 Å². The highest BCUT2D eigenvalue weighted by Crippen LogP contribution is 2.41. The molecule has 0 saturated carbocycles. The van der Waals surface area contributed by atoms with Crippen molar-refractivity contribution in [2.75, 3.05) is 0 Å². The summed E-state index contributed by atoms with van der Waals surface area (Å²) in [6, 6.07) is 13.8. The summed E-state index contributed by atoms with van der Waals surface area (Å²) >= 11 is 7.74. The number of benzene rings is 2. The predicted molar refractivity (Wildman–Crippen MR) is 110 cm³/mol. The Bertz CT molecular complexity index is 1120. The third-order valence-electron chi connectivity index (χ3n) is 4.54. The molecule has 0 spiro atoms. The van der Waals surface area contributed by atoms with Gasteiger partial charge in [0.1, 0.15) is 0 Å². The normalized spacial score (nSPS) is 11.6. The van der Waals surface area contributed by atoms with E-state index >= 15 is 4.39 Å². The third-order valence-corrected chi connectivity index (χ3v) is 6.06. The fourth-order valence-electron chi connectivity index (χ4n) is 3.19. The average Bonchev–Trinajstić information content (AvgIpc) is 3.24. The van der Waals surface area contributed by atoms with Crippen molar-refractivity contribution in [3.8, 4) is 5.69 Å². The van der Waals surface area contributed by atoms with Crippen LogP contribution in [0.5, 0.6) is 0 Å². The summed E-state index contributed by atoms with van der Waals surface area (Å²) in [5.41, 5.74) is 2.28. The average molecular weight is 400 g/mol. The lowest BCUT2D eigenvalue weighted by Crippen LogP contribution is -2.01. The van der Waals surface area contributed by atoms with E-state index < -0.39 is 5.82 Å². The monoisotopic (exact) mass is 399 g/mol. The molecule has 6 heteroatoms. The molecule has 2 aromatic heterocycles. The molecule has 2 heterocycles. The van der Waals surface area contributed by atoms with Crippen LogP contribution in [-0.2, 0) is 0 Å². The lowest BCUT2D eigenvalue weighted by atomic mass is 10.2. The first-order valence-corrected chi connectivity index (χ1v) is 9.93. The van der Waals surface area contributed by atoms with Crippen molar-refractivity contribution in [2.45, 2.75) is 36.6 Å².